The molecule has 1 aliphatic rings. The molecule has 0 unspecified atom stereocenters. The Labute approximate surface area is 201 Å². The number of nitro groups is 1. The van der Waals surface area contributed by atoms with Crippen LogP contribution in [0.15, 0.2) is 66.7 Å². The average Bonchev–Trinajstić information content (AvgIpc) is 2.82. The van der Waals surface area contributed by atoms with Crippen LogP contribution in [0.3, 0.4) is 0 Å². The summed E-state index contributed by atoms with van der Waals surface area (Å²) >= 11 is 6.28. The summed E-state index contributed by atoms with van der Waals surface area (Å²) in [6, 6.07) is 18.6. The Morgan fingerprint density at radius 2 is 1.82 bits per heavy atom. The zero-order chi connectivity index (χ0) is 24.2. The molecule has 1 N–H and O–H groups in total. The van der Waals surface area contributed by atoms with Crippen LogP contribution >= 0.6 is 11.6 Å². The lowest BCUT2D eigenvalue weighted by molar-refractivity contribution is -0.385. The molecule has 1 heterocycles. The van der Waals surface area contributed by atoms with Crippen molar-refractivity contribution in [2.75, 3.05) is 23.3 Å². The fourth-order valence-electron chi connectivity index (χ4n) is 3.94. The van der Waals surface area contributed by atoms with Gasteiger partial charge in [0.15, 0.2) is 0 Å². The molecule has 3 aromatic rings. The van der Waals surface area contributed by atoms with Crippen molar-refractivity contribution in [1.29, 1.82) is 0 Å². The quantitative estimate of drug-likeness (QED) is 0.366. The van der Waals surface area contributed by atoms with E-state index >= 15 is 0 Å². The summed E-state index contributed by atoms with van der Waals surface area (Å²) in [6.07, 6.45) is 0.753. The second-order valence-corrected chi connectivity index (χ2v) is 8.44. The highest BCUT2D eigenvalue weighted by Gasteiger charge is 2.29. The van der Waals surface area contributed by atoms with E-state index in [2.05, 4.69) is 5.32 Å². The highest BCUT2D eigenvalue weighted by atomic mass is 35.5. The van der Waals surface area contributed by atoms with Crippen LogP contribution in [0.2, 0.25) is 5.02 Å². The lowest BCUT2D eigenvalue weighted by Crippen LogP contribution is -2.49. The second kappa shape index (κ2) is 9.93. The van der Waals surface area contributed by atoms with E-state index < -0.39 is 10.8 Å². The Morgan fingerprint density at radius 1 is 1.09 bits per heavy atom. The van der Waals surface area contributed by atoms with Gasteiger partial charge in [0, 0.05) is 41.9 Å². The summed E-state index contributed by atoms with van der Waals surface area (Å²) in [6.45, 7) is 3.10. The molecule has 3 aromatic carbocycles. The van der Waals surface area contributed by atoms with Crippen LogP contribution in [0.5, 0.6) is 0 Å². The van der Waals surface area contributed by atoms with E-state index in [9.17, 15) is 19.7 Å². The number of para-hydroxylation sites is 2. The van der Waals surface area contributed by atoms with E-state index in [1.54, 1.807) is 53.1 Å². The molecule has 0 atom stereocenters. The maximum atomic E-state index is 13.3. The molecule has 1 saturated heterocycles. The van der Waals surface area contributed by atoms with Gasteiger partial charge in [-0.25, -0.2) is 4.79 Å². The zero-order valence-corrected chi connectivity index (χ0v) is 19.3. The van der Waals surface area contributed by atoms with Crippen molar-refractivity contribution in [3.63, 3.8) is 0 Å². The summed E-state index contributed by atoms with van der Waals surface area (Å²) in [5.41, 5.74) is 2.39. The van der Waals surface area contributed by atoms with E-state index in [-0.39, 0.29) is 17.3 Å². The van der Waals surface area contributed by atoms with Crippen LogP contribution in [0, 0.1) is 17.0 Å². The van der Waals surface area contributed by atoms with Gasteiger partial charge in [0.2, 0.25) is 0 Å². The summed E-state index contributed by atoms with van der Waals surface area (Å²) in [4.78, 5) is 40.3. The minimum absolute atomic E-state index is 0.123. The number of hydrogen-bond donors (Lipinski definition) is 1. The van der Waals surface area contributed by atoms with Gasteiger partial charge in [-0.2, -0.15) is 0 Å². The molecule has 1 aliphatic heterocycles. The molecule has 0 radical (unpaired) electrons. The fraction of sp³-hybridized carbons (Fsp3) is 0.200. The maximum absolute atomic E-state index is 13.3. The number of rotatable bonds is 6. The van der Waals surface area contributed by atoms with Crippen LogP contribution in [0.4, 0.5) is 21.9 Å². The van der Waals surface area contributed by atoms with E-state index in [4.69, 9.17) is 11.6 Å². The molecule has 3 amide bonds. The summed E-state index contributed by atoms with van der Waals surface area (Å²) in [5, 5.41) is 14.7. The maximum Gasteiger partial charge on any atom is 0.324 e. The number of nitro benzene ring substituents is 1. The van der Waals surface area contributed by atoms with Gasteiger partial charge >= 0.3 is 6.03 Å². The third-order valence-electron chi connectivity index (χ3n) is 5.74. The second-order valence-electron chi connectivity index (χ2n) is 8.03. The van der Waals surface area contributed by atoms with Crippen LogP contribution in [-0.2, 0) is 6.54 Å². The van der Waals surface area contributed by atoms with Crippen molar-refractivity contribution in [2.24, 2.45) is 0 Å². The van der Waals surface area contributed by atoms with Gasteiger partial charge in [-0.05, 0) is 43.2 Å². The monoisotopic (exact) mass is 478 g/mol. The number of nitrogens with one attached hydrogen (secondary N) is 1. The Balaban J connectivity index is 1.56. The number of carbonyl (C=O) groups excluding carboxylic acids is 2. The first kappa shape index (κ1) is 23.3. The normalized spacial score (nSPS) is 13.6. The molecule has 0 aliphatic carbocycles. The molecule has 0 saturated carbocycles. The number of aryl methyl sites for hydroxylation is 1. The van der Waals surface area contributed by atoms with E-state index in [0.717, 1.165) is 12.0 Å². The highest BCUT2D eigenvalue weighted by molar-refractivity contribution is 6.31. The Bertz CT molecular complexity index is 1260. The van der Waals surface area contributed by atoms with Crippen LogP contribution < -0.4 is 10.2 Å². The standard InChI is InChI=1S/C25H23ClN4O4/c1-17-11-12-18(15-23(17)30(33)34)24(31)27-21-9-4-5-10-22(21)29-14-6-13-28(25(29)32)16-19-7-2-3-8-20(19)26/h2-5,7-12,15H,6,13-14,16H2,1H3,(H,27,31). The molecule has 0 spiro atoms. The van der Waals surface area contributed by atoms with Crippen LogP contribution in [-0.4, -0.2) is 34.9 Å². The number of amides is 3. The number of hydrogen-bond acceptors (Lipinski definition) is 4. The van der Waals surface area contributed by atoms with Gasteiger partial charge in [0.05, 0.1) is 16.3 Å². The third kappa shape index (κ3) is 4.87. The molecule has 0 aromatic heterocycles. The molecule has 9 heteroatoms. The largest absolute Gasteiger partial charge is 0.324 e. The van der Waals surface area contributed by atoms with E-state index in [1.165, 1.54) is 12.1 Å². The van der Waals surface area contributed by atoms with Crippen molar-refractivity contribution in [1.82, 2.24) is 4.90 Å². The minimum atomic E-state index is -0.514. The highest BCUT2D eigenvalue weighted by Crippen LogP contribution is 2.30. The van der Waals surface area contributed by atoms with Gasteiger partial charge < -0.3 is 10.2 Å². The molecule has 4 rings (SSSR count). The van der Waals surface area contributed by atoms with Gasteiger partial charge in [0.1, 0.15) is 0 Å². The van der Waals surface area contributed by atoms with Crippen molar-refractivity contribution < 1.29 is 14.5 Å². The van der Waals surface area contributed by atoms with Gasteiger partial charge in [0.25, 0.3) is 11.6 Å². The van der Waals surface area contributed by atoms with E-state index in [0.29, 0.717) is 41.6 Å². The number of carbonyl (C=O) groups is 2. The summed E-state index contributed by atoms with van der Waals surface area (Å²) in [5.74, 6) is -0.493. The molecule has 174 valence electrons. The zero-order valence-electron chi connectivity index (χ0n) is 18.5. The van der Waals surface area contributed by atoms with Gasteiger partial charge in [-0.15, -0.1) is 0 Å². The number of anilines is 2. The Morgan fingerprint density at radius 3 is 2.59 bits per heavy atom. The molecule has 8 nitrogen and oxygen atoms in total. The fourth-order valence-corrected chi connectivity index (χ4v) is 4.14. The topological polar surface area (TPSA) is 95.8 Å². The van der Waals surface area contributed by atoms with Crippen LogP contribution in [0.25, 0.3) is 0 Å². The van der Waals surface area contributed by atoms with Crippen molar-refractivity contribution in [3.8, 4) is 0 Å². The first-order chi connectivity index (χ1) is 16.3. The first-order valence-electron chi connectivity index (χ1n) is 10.8. The number of halogens is 1. The summed E-state index contributed by atoms with van der Waals surface area (Å²) in [7, 11) is 0. The molecular weight excluding hydrogens is 456 g/mol. The third-order valence-corrected chi connectivity index (χ3v) is 6.11. The first-order valence-corrected chi connectivity index (χ1v) is 11.2. The lowest BCUT2D eigenvalue weighted by atomic mass is 10.1. The Hall–Kier alpha value is -3.91. The van der Waals surface area contributed by atoms with E-state index in [1.807, 2.05) is 18.2 Å². The predicted octanol–water partition coefficient (Wildman–Crippen LogP) is 5.64. The minimum Gasteiger partial charge on any atom is -0.320 e. The number of benzene rings is 3. The van der Waals surface area contributed by atoms with Gasteiger partial charge in [-0.3, -0.25) is 19.8 Å². The Kier molecular flexibility index (Phi) is 6.79. The molecular formula is C25H23ClN4O4. The molecule has 34 heavy (non-hydrogen) atoms. The molecule has 0 bridgehead atoms. The van der Waals surface area contributed by atoms with Crippen LogP contribution in [0.1, 0.15) is 27.9 Å². The van der Waals surface area contributed by atoms with Crippen molar-refractivity contribution in [2.45, 2.75) is 19.9 Å². The number of nitrogens with zero attached hydrogens (tertiary/aromatic N) is 3. The number of urea groups is 1. The smallest absolute Gasteiger partial charge is 0.320 e. The SMILES string of the molecule is Cc1ccc(C(=O)Nc2ccccc2N2CCCN(Cc3ccccc3Cl)C2=O)cc1[N+](=O)[O-]. The molecule has 1 fully saturated rings. The van der Waals surface area contributed by atoms with Gasteiger partial charge in [-0.1, -0.05) is 48.0 Å². The predicted molar refractivity (Wildman–Crippen MR) is 131 cm³/mol. The van der Waals surface area contributed by atoms with Crippen molar-refractivity contribution >= 4 is 40.6 Å². The summed E-state index contributed by atoms with van der Waals surface area (Å²) < 4.78 is 0. The lowest BCUT2D eigenvalue weighted by Gasteiger charge is -2.36. The average molecular weight is 479 g/mol. The van der Waals surface area contributed by atoms with Crippen molar-refractivity contribution in [3.05, 3.63) is 98.6 Å².